The molecule has 2 aromatic carbocycles. The lowest BCUT2D eigenvalue weighted by atomic mass is 9.75. The minimum absolute atomic E-state index is 0.00173. The molecular formula is C23H27Cl2NO. The van der Waals surface area contributed by atoms with Crippen LogP contribution in [-0.4, -0.2) is 16.8 Å². The number of halogens is 2. The van der Waals surface area contributed by atoms with Crippen LogP contribution in [0.4, 0.5) is 0 Å². The summed E-state index contributed by atoms with van der Waals surface area (Å²) >= 11 is 12.4. The third-order valence-corrected chi connectivity index (χ3v) is 6.28. The van der Waals surface area contributed by atoms with Crippen LogP contribution in [0, 0.1) is 5.92 Å². The molecule has 1 amide bonds. The van der Waals surface area contributed by atoms with Crippen LogP contribution < -0.4 is 0 Å². The second-order valence-corrected chi connectivity index (χ2v) is 8.38. The summed E-state index contributed by atoms with van der Waals surface area (Å²) in [4.78, 5) is 15.4. The molecule has 1 saturated heterocycles. The Balaban J connectivity index is 2.14. The Kier molecular flexibility index (Phi) is 6.49. The van der Waals surface area contributed by atoms with Crippen LogP contribution in [0.25, 0.3) is 0 Å². The van der Waals surface area contributed by atoms with Crippen LogP contribution in [0.15, 0.2) is 48.5 Å². The van der Waals surface area contributed by atoms with Crippen molar-refractivity contribution in [1.82, 2.24) is 4.90 Å². The average Bonchev–Trinajstić information content (AvgIpc) is 2.66. The third-order valence-electron chi connectivity index (χ3n) is 5.79. The molecule has 4 heteroatoms. The molecule has 3 atom stereocenters. The normalized spacial score (nSPS) is 23.1. The van der Waals surface area contributed by atoms with Gasteiger partial charge in [-0.2, -0.15) is 0 Å². The molecule has 2 aromatic rings. The van der Waals surface area contributed by atoms with Crippen LogP contribution in [-0.2, 0) is 4.79 Å². The Bertz CT molecular complexity index is 785. The van der Waals surface area contributed by atoms with Crippen molar-refractivity contribution in [2.24, 2.45) is 5.92 Å². The largest absolute Gasteiger partial charge is 0.332 e. The molecule has 0 spiro atoms. The van der Waals surface area contributed by atoms with Crippen LogP contribution >= 0.6 is 23.2 Å². The van der Waals surface area contributed by atoms with Gasteiger partial charge in [-0.05, 0) is 54.7 Å². The predicted octanol–water partition coefficient (Wildman–Crippen LogP) is 6.88. The van der Waals surface area contributed by atoms with E-state index in [1.165, 1.54) is 5.56 Å². The van der Waals surface area contributed by atoms with Crippen molar-refractivity contribution in [2.45, 2.75) is 58.0 Å². The molecule has 0 aromatic heterocycles. The lowest BCUT2D eigenvalue weighted by molar-refractivity contribution is -0.146. The number of carbonyl (C=O) groups is 1. The number of piperidine rings is 1. The van der Waals surface area contributed by atoms with E-state index in [9.17, 15) is 4.79 Å². The molecular weight excluding hydrogens is 377 g/mol. The van der Waals surface area contributed by atoms with Gasteiger partial charge in [0.05, 0.1) is 6.04 Å². The van der Waals surface area contributed by atoms with Gasteiger partial charge < -0.3 is 4.90 Å². The molecule has 3 rings (SSSR count). The highest BCUT2D eigenvalue weighted by atomic mass is 35.5. The first-order valence-electron chi connectivity index (χ1n) is 9.79. The van der Waals surface area contributed by atoms with Crippen molar-refractivity contribution in [3.05, 3.63) is 69.7 Å². The van der Waals surface area contributed by atoms with Crippen LogP contribution in [0.1, 0.15) is 63.1 Å². The molecule has 1 unspecified atom stereocenters. The molecule has 0 bridgehead atoms. The van der Waals surface area contributed by atoms with Gasteiger partial charge in [0.1, 0.15) is 0 Å². The first-order chi connectivity index (χ1) is 13.0. The Labute approximate surface area is 172 Å². The van der Waals surface area contributed by atoms with Gasteiger partial charge in [0.25, 0.3) is 0 Å². The first kappa shape index (κ1) is 20.2. The fourth-order valence-corrected chi connectivity index (χ4v) is 4.72. The van der Waals surface area contributed by atoms with E-state index in [-0.39, 0.29) is 29.8 Å². The Morgan fingerprint density at radius 1 is 1.00 bits per heavy atom. The second-order valence-electron chi connectivity index (χ2n) is 7.51. The monoisotopic (exact) mass is 403 g/mol. The Morgan fingerprint density at radius 2 is 1.67 bits per heavy atom. The van der Waals surface area contributed by atoms with Crippen LogP contribution in [0.3, 0.4) is 0 Å². The van der Waals surface area contributed by atoms with E-state index in [0.717, 1.165) is 29.8 Å². The van der Waals surface area contributed by atoms with E-state index < -0.39 is 0 Å². The molecule has 1 fully saturated rings. The van der Waals surface area contributed by atoms with Crippen LogP contribution in [0.5, 0.6) is 0 Å². The molecule has 144 valence electrons. The van der Waals surface area contributed by atoms with E-state index in [0.29, 0.717) is 5.02 Å². The lowest BCUT2D eigenvalue weighted by Gasteiger charge is -2.48. The number of amides is 1. The number of rotatable bonds is 5. The molecule has 1 aliphatic rings. The average molecular weight is 404 g/mol. The zero-order valence-electron chi connectivity index (χ0n) is 16.2. The first-order valence-corrected chi connectivity index (χ1v) is 10.5. The zero-order valence-corrected chi connectivity index (χ0v) is 17.7. The van der Waals surface area contributed by atoms with Crippen molar-refractivity contribution in [1.29, 1.82) is 0 Å². The highest BCUT2D eigenvalue weighted by Gasteiger charge is 2.43. The van der Waals surface area contributed by atoms with E-state index in [1.54, 1.807) is 0 Å². The van der Waals surface area contributed by atoms with E-state index in [4.69, 9.17) is 23.2 Å². The van der Waals surface area contributed by atoms with E-state index >= 15 is 0 Å². The summed E-state index contributed by atoms with van der Waals surface area (Å²) in [5, 5.41) is 1.45. The summed E-state index contributed by atoms with van der Waals surface area (Å²) in [7, 11) is 0. The molecule has 27 heavy (non-hydrogen) atoms. The molecule has 0 saturated carbocycles. The van der Waals surface area contributed by atoms with Crippen molar-refractivity contribution in [2.75, 3.05) is 0 Å². The van der Waals surface area contributed by atoms with E-state index in [1.807, 2.05) is 37.3 Å². The molecule has 1 aliphatic heterocycles. The van der Waals surface area contributed by atoms with E-state index in [2.05, 4.69) is 36.9 Å². The van der Waals surface area contributed by atoms with Crippen molar-refractivity contribution < 1.29 is 4.79 Å². The third kappa shape index (κ3) is 4.17. The quantitative estimate of drug-likeness (QED) is 0.532. The maximum atomic E-state index is 13.3. The maximum absolute atomic E-state index is 13.3. The highest BCUT2D eigenvalue weighted by Crippen LogP contribution is 2.47. The topological polar surface area (TPSA) is 20.3 Å². The number of hydrogen-bond donors (Lipinski definition) is 0. The summed E-state index contributed by atoms with van der Waals surface area (Å²) in [5.41, 5.74) is 2.33. The Hall–Kier alpha value is -1.51. The van der Waals surface area contributed by atoms with Crippen molar-refractivity contribution in [3.8, 4) is 0 Å². The summed E-state index contributed by atoms with van der Waals surface area (Å²) < 4.78 is 0. The van der Waals surface area contributed by atoms with Gasteiger partial charge >= 0.3 is 0 Å². The summed E-state index contributed by atoms with van der Waals surface area (Å²) in [6, 6.07) is 16.2. The number of likely N-dealkylation sites (tertiary alicyclic amines) is 1. The van der Waals surface area contributed by atoms with Gasteiger partial charge in [-0.1, -0.05) is 68.2 Å². The molecule has 1 heterocycles. The standard InChI is InChI=1S/C23H27Cl2NO/c1-4-20(5-2)26-22(16-9-11-18(24)12-10-16)21(13-15(3)23(26)27)17-7-6-8-19(25)14-17/h6-12,14-15,20-22H,4-5,13H2,1-3H3/t15?,21-,22-/m1/s1. The van der Waals surface area contributed by atoms with Crippen molar-refractivity contribution in [3.63, 3.8) is 0 Å². The maximum Gasteiger partial charge on any atom is 0.226 e. The Morgan fingerprint density at radius 3 is 2.26 bits per heavy atom. The molecule has 0 N–H and O–H groups in total. The minimum atomic E-state index is -0.00525. The number of hydrogen-bond acceptors (Lipinski definition) is 1. The predicted molar refractivity (Wildman–Crippen MR) is 113 cm³/mol. The van der Waals surface area contributed by atoms with Gasteiger partial charge in [0.15, 0.2) is 0 Å². The molecule has 2 nitrogen and oxygen atoms in total. The molecule has 0 radical (unpaired) electrons. The number of carbonyl (C=O) groups excluding carboxylic acids is 1. The van der Waals surface area contributed by atoms with Gasteiger partial charge in [-0.15, -0.1) is 0 Å². The lowest BCUT2D eigenvalue weighted by Crippen LogP contribution is -2.50. The number of benzene rings is 2. The van der Waals surface area contributed by atoms with Crippen LogP contribution in [0.2, 0.25) is 10.0 Å². The second kappa shape index (κ2) is 8.67. The van der Waals surface area contributed by atoms with Gasteiger partial charge in [0.2, 0.25) is 5.91 Å². The fraction of sp³-hybridized carbons (Fsp3) is 0.435. The molecule has 0 aliphatic carbocycles. The summed E-state index contributed by atoms with van der Waals surface area (Å²) in [6.45, 7) is 6.37. The van der Waals surface area contributed by atoms with Gasteiger partial charge in [-0.3, -0.25) is 4.79 Å². The smallest absolute Gasteiger partial charge is 0.226 e. The zero-order chi connectivity index (χ0) is 19.6. The summed E-state index contributed by atoms with van der Waals surface area (Å²) in [6.07, 6.45) is 2.71. The highest BCUT2D eigenvalue weighted by molar-refractivity contribution is 6.30. The van der Waals surface area contributed by atoms with Crippen molar-refractivity contribution >= 4 is 29.1 Å². The fourth-order valence-electron chi connectivity index (χ4n) is 4.39. The van der Waals surface area contributed by atoms with Gasteiger partial charge in [-0.25, -0.2) is 0 Å². The summed E-state index contributed by atoms with van der Waals surface area (Å²) in [5.74, 6) is 0.457. The van der Waals surface area contributed by atoms with Gasteiger partial charge in [0, 0.05) is 27.9 Å². The number of nitrogens with zero attached hydrogens (tertiary/aromatic N) is 1. The SMILES string of the molecule is CCC(CC)N1C(=O)C(C)C[C@H](c2cccc(Cl)c2)[C@H]1c1ccc(Cl)cc1. The minimum Gasteiger partial charge on any atom is -0.332 e.